The maximum atomic E-state index is 11.8. The summed E-state index contributed by atoms with van der Waals surface area (Å²) in [5.74, 6) is 1.09. The number of hydrogen-bond donors (Lipinski definition) is 0. The number of ether oxygens (including phenoxy) is 2. The minimum Gasteiger partial charge on any atom is -0.493 e. The van der Waals surface area contributed by atoms with E-state index in [0.717, 1.165) is 22.3 Å². The van der Waals surface area contributed by atoms with Gasteiger partial charge in [0.15, 0.2) is 17.8 Å². The fraction of sp³-hybridized carbons (Fsp3) is 0.381. The van der Waals surface area contributed by atoms with Gasteiger partial charge in [-0.2, -0.15) is 0 Å². The number of methoxy groups -OCH3 is 2. The second kappa shape index (κ2) is 7.39. The first-order chi connectivity index (χ1) is 13.2. The average molecular weight is 401 g/mol. The molecule has 0 radical (unpaired) electrons. The minimum atomic E-state index is -0.333. The predicted octanol–water partition coefficient (Wildman–Crippen LogP) is 4.86. The van der Waals surface area contributed by atoms with E-state index >= 15 is 0 Å². The normalized spacial score (nSPS) is 13.9. The van der Waals surface area contributed by atoms with E-state index in [0.29, 0.717) is 40.4 Å². The Kier molecular flexibility index (Phi) is 5.30. The van der Waals surface area contributed by atoms with E-state index < -0.39 is 0 Å². The number of fused-ring (bicyclic) bond motifs is 1. The number of carbonyl (C=O) groups is 1. The van der Waals surface area contributed by atoms with Crippen LogP contribution in [0.5, 0.6) is 11.5 Å². The molecule has 1 aliphatic carbocycles. The van der Waals surface area contributed by atoms with Crippen molar-refractivity contribution in [2.75, 3.05) is 14.2 Å². The van der Waals surface area contributed by atoms with Crippen molar-refractivity contribution in [2.45, 2.75) is 39.0 Å². The Hall–Kier alpha value is -2.67. The first-order valence-electron chi connectivity index (χ1n) is 8.94. The maximum Gasteiger partial charge on any atom is 0.255 e. The van der Waals surface area contributed by atoms with Crippen LogP contribution >= 0.6 is 11.3 Å². The first-order valence-corrected chi connectivity index (χ1v) is 9.75. The summed E-state index contributed by atoms with van der Waals surface area (Å²) in [4.78, 5) is 24.9. The zero-order valence-corrected chi connectivity index (χ0v) is 17.4. The molecule has 0 saturated heterocycles. The van der Waals surface area contributed by atoms with Crippen LogP contribution in [0.25, 0.3) is 5.57 Å². The molecule has 0 spiro atoms. The van der Waals surface area contributed by atoms with Crippen molar-refractivity contribution >= 4 is 23.2 Å². The van der Waals surface area contributed by atoms with Gasteiger partial charge in [-0.05, 0) is 41.2 Å². The van der Waals surface area contributed by atoms with E-state index in [2.05, 4.69) is 20.8 Å². The van der Waals surface area contributed by atoms with Gasteiger partial charge in [0.25, 0.3) is 5.70 Å². The molecule has 3 rings (SSSR count). The second-order valence-electron chi connectivity index (χ2n) is 7.71. The Morgan fingerprint density at radius 1 is 1.11 bits per heavy atom. The average Bonchev–Trinajstić information content (AvgIpc) is 3.10. The Bertz CT molecular complexity index is 981. The van der Waals surface area contributed by atoms with Crippen LogP contribution in [0, 0.1) is 10.1 Å². The first kappa shape index (κ1) is 20.1. The van der Waals surface area contributed by atoms with Gasteiger partial charge >= 0.3 is 0 Å². The molecular formula is C21H23NO5S. The monoisotopic (exact) mass is 401 g/mol. The number of aryl methyl sites for hydroxylation is 1. The summed E-state index contributed by atoms with van der Waals surface area (Å²) < 4.78 is 10.8. The van der Waals surface area contributed by atoms with Gasteiger partial charge in [-0.25, -0.2) is 0 Å². The van der Waals surface area contributed by atoms with Crippen LogP contribution in [0.15, 0.2) is 23.9 Å². The van der Waals surface area contributed by atoms with Crippen LogP contribution in [0.4, 0.5) is 0 Å². The molecule has 0 amide bonds. The minimum absolute atomic E-state index is 0.130. The van der Waals surface area contributed by atoms with Gasteiger partial charge in [0.05, 0.1) is 29.6 Å². The molecule has 1 heterocycles. The Morgan fingerprint density at radius 2 is 1.75 bits per heavy atom. The third-order valence-electron chi connectivity index (χ3n) is 4.87. The third kappa shape index (κ3) is 3.42. The van der Waals surface area contributed by atoms with Crippen LogP contribution in [-0.4, -0.2) is 25.4 Å². The molecule has 7 heteroatoms. The third-order valence-corrected chi connectivity index (χ3v) is 6.47. The highest BCUT2D eigenvalue weighted by molar-refractivity contribution is 7.13. The van der Waals surface area contributed by atoms with Crippen LogP contribution in [0.3, 0.4) is 0 Å². The van der Waals surface area contributed by atoms with E-state index in [-0.39, 0.29) is 16.0 Å². The molecule has 148 valence electrons. The maximum absolute atomic E-state index is 11.8. The topological polar surface area (TPSA) is 78.7 Å². The highest BCUT2D eigenvalue weighted by atomic mass is 32.1. The van der Waals surface area contributed by atoms with Gasteiger partial charge in [0.1, 0.15) is 0 Å². The van der Waals surface area contributed by atoms with Gasteiger partial charge in [0, 0.05) is 16.9 Å². The highest BCUT2D eigenvalue weighted by Gasteiger charge is 2.33. The van der Waals surface area contributed by atoms with Gasteiger partial charge in [0.2, 0.25) is 0 Å². The zero-order valence-electron chi connectivity index (χ0n) is 16.6. The number of allylic oxidation sites excluding steroid dienone is 1. The lowest BCUT2D eigenvalue weighted by Crippen LogP contribution is -2.13. The molecule has 0 fully saturated rings. The van der Waals surface area contributed by atoms with Gasteiger partial charge < -0.3 is 9.47 Å². The number of nitrogens with zero attached hydrogens (tertiary/aromatic N) is 1. The van der Waals surface area contributed by atoms with Crippen molar-refractivity contribution in [3.8, 4) is 11.5 Å². The number of aldehydes is 1. The molecule has 0 saturated carbocycles. The lowest BCUT2D eigenvalue weighted by atomic mass is 9.86. The standard InChI is InChI=1S/C21H23NO5S/c1-21(2,3)18-9-13(11-23)20(28-18)19-14-10-17(27-5)16(26-4)8-12(14)6-7-15(19)22(24)25/h8-11H,6-7H2,1-5H3. The summed E-state index contributed by atoms with van der Waals surface area (Å²) in [6.07, 6.45) is 1.61. The smallest absolute Gasteiger partial charge is 0.255 e. The summed E-state index contributed by atoms with van der Waals surface area (Å²) in [7, 11) is 3.09. The Labute approximate surface area is 167 Å². The van der Waals surface area contributed by atoms with Crippen LogP contribution < -0.4 is 9.47 Å². The molecule has 2 aromatic rings. The molecule has 1 aliphatic rings. The van der Waals surface area contributed by atoms with Gasteiger partial charge in [-0.1, -0.05) is 20.8 Å². The van der Waals surface area contributed by atoms with Crippen molar-refractivity contribution in [1.82, 2.24) is 0 Å². The number of rotatable bonds is 5. The SMILES string of the molecule is COc1cc2c(cc1OC)C(c1sc(C(C)(C)C)cc1C=O)=C([N+](=O)[O-])CC2. The molecule has 0 aliphatic heterocycles. The van der Waals surface area contributed by atoms with Crippen molar-refractivity contribution in [3.05, 3.63) is 60.5 Å². The molecule has 0 atom stereocenters. The molecule has 0 unspecified atom stereocenters. The number of carbonyl (C=O) groups excluding carboxylic acids is 1. The van der Waals surface area contributed by atoms with Crippen LogP contribution in [-0.2, 0) is 11.8 Å². The molecular weight excluding hydrogens is 378 g/mol. The largest absolute Gasteiger partial charge is 0.493 e. The summed E-state index contributed by atoms with van der Waals surface area (Å²) >= 11 is 1.44. The molecule has 6 nitrogen and oxygen atoms in total. The Morgan fingerprint density at radius 3 is 2.29 bits per heavy atom. The van der Waals surface area contributed by atoms with Gasteiger partial charge in [-0.15, -0.1) is 11.3 Å². The summed E-state index contributed by atoms with van der Waals surface area (Å²) in [6, 6.07) is 5.48. The van der Waals surface area contributed by atoms with Crippen molar-refractivity contribution < 1.29 is 19.2 Å². The van der Waals surface area contributed by atoms with Crippen LogP contribution in [0.1, 0.15) is 58.4 Å². The number of hydrogen-bond acceptors (Lipinski definition) is 6. The Balaban J connectivity index is 2.33. The number of thiophene rings is 1. The molecule has 28 heavy (non-hydrogen) atoms. The summed E-state index contributed by atoms with van der Waals surface area (Å²) in [5.41, 5.74) is 2.62. The fourth-order valence-corrected chi connectivity index (χ4v) is 4.65. The van der Waals surface area contributed by atoms with E-state index in [4.69, 9.17) is 9.47 Å². The van der Waals surface area contributed by atoms with Crippen molar-refractivity contribution in [2.24, 2.45) is 0 Å². The van der Waals surface area contributed by atoms with E-state index in [1.165, 1.54) is 18.4 Å². The highest BCUT2D eigenvalue weighted by Crippen LogP contribution is 2.45. The van der Waals surface area contributed by atoms with E-state index in [1.807, 2.05) is 12.1 Å². The zero-order chi connectivity index (χ0) is 20.6. The van der Waals surface area contributed by atoms with Gasteiger partial charge in [-0.3, -0.25) is 14.9 Å². The van der Waals surface area contributed by atoms with E-state index in [1.54, 1.807) is 13.2 Å². The van der Waals surface area contributed by atoms with Crippen molar-refractivity contribution in [3.63, 3.8) is 0 Å². The fourth-order valence-electron chi connectivity index (χ4n) is 3.39. The summed E-state index contributed by atoms with van der Waals surface area (Å²) in [5, 5.41) is 11.8. The second-order valence-corrected chi connectivity index (χ2v) is 8.76. The lowest BCUT2D eigenvalue weighted by Gasteiger charge is -2.21. The van der Waals surface area contributed by atoms with Crippen LogP contribution in [0.2, 0.25) is 0 Å². The molecule has 0 bridgehead atoms. The van der Waals surface area contributed by atoms with E-state index in [9.17, 15) is 14.9 Å². The quantitative estimate of drug-likeness (QED) is 0.406. The van der Waals surface area contributed by atoms with Crippen molar-refractivity contribution in [1.29, 1.82) is 0 Å². The lowest BCUT2D eigenvalue weighted by molar-refractivity contribution is -0.427. The predicted molar refractivity (Wildman–Crippen MR) is 109 cm³/mol. The summed E-state index contributed by atoms with van der Waals surface area (Å²) in [6.45, 7) is 6.17. The molecule has 1 aromatic heterocycles. The number of benzene rings is 1. The number of nitro groups is 1. The molecule has 1 aromatic carbocycles. The molecule has 0 N–H and O–H groups in total.